The first-order valence-corrected chi connectivity index (χ1v) is 8.48. The van der Waals surface area contributed by atoms with Crippen LogP contribution in [0.1, 0.15) is 16.1 Å². The van der Waals surface area contributed by atoms with Gasteiger partial charge in [0.2, 0.25) is 0 Å². The average molecular weight is 344 g/mol. The van der Waals surface area contributed by atoms with Gasteiger partial charge in [0, 0.05) is 25.6 Å². The quantitative estimate of drug-likeness (QED) is 0.684. The van der Waals surface area contributed by atoms with Gasteiger partial charge in [-0.1, -0.05) is 18.2 Å². The van der Waals surface area contributed by atoms with Gasteiger partial charge in [-0.15, -0.1) is 0 Å². The summed E-state index contributed by atoms with van der Waals surface area (Å²) in [6.45, 7) is 1.35. The number of halogens is 1. The van der Waals surface area contributed by atoms with Crippen LogP contribution in [0.2, 0.25) is 0 Å². The molecule has 0 saturated carbocycles. The molecule has 1 aromatic carbocycles. The third-order valence-corrected chi connectivity index (χ3v) is 4.43. The molecule has 0 radical (unpaired) electrons. The second-order valence-corrected chi connectivity index (χ2v) is 6.14. The molecule has 4 nitrogen and oxygen atoms in total. The van der Waals surface area contributed by atoms with Crippen LogP contribution in [0.5, 0.6) is 0 Å². The first kappa shape index (κ1) is 16.5. The zero-order valence-electron chi connectivity index (χ0n) is 13.2. The van der Waals surface area contributed by atoms with Crippen LogP contribution in [-0.2, 0) is 11.3 Å². The van der Waals surface area contributed by atoms with Crippen molar-refractivity contribution in [1.82, 2.24) is 9.88 Å². The Morgan fingerprint density at radius 3 is 2.92 bits per heavy atom. The molecule has 0 aliphatic rings. The molecule has 0 unspecified atom stereocenters. The Kier molecular flexibility index (Phi) is 5.17. The lowest BCUT2D eigenvalue weighted by atomic mass is 10.2. The van der Waals surface area contributed by atoms with Crippen LogP contribution in [0.25, 0.3) is 10.9 Å². The van der Waals surface area contributed by atoms with Crippen LogP contribution >= 0.6 is 11.3 Å². The van der Waals surface area contributed by atoms with Gasteiger partial charge in [0.05, 0.1) is 6.61 Å². The topological polar surface area (TPSA) is 42.4 Å². The van der Waals surface area contributed by atoms with Gasteiger partial charge in [0.1, 0.15) is 17.0 Å². The van der Waals surface area contributed by atoms with Gasteiger partial charge >= 0.3 is 0 Å². The molecule has 0 fully saturated rings. The summed E-state index contributed by atoms with van der Waals surface area (Å²) in [5.74, 6) is -0.660. The molecule has 124 valence electrons. The lowest BCUT2D eigenvalue weighted by molar-refractivity contribution is 0.0675. The highest BCUT2D eigenvalue weighted by Crippen LogP contribution is 2.18. The molecule has 0 atom stereocenters. The van der Waals surface area contributed by atoms with Gasteiger partial charge in [-0.05, 0) is 34.5 Å². The van der Waals surface area contributed by atoms with Crippen molar-refractivity contribution in [3.8, 4) is 0 Å². The van der Waals surface area contributed by atoms with Crippen LogP contribution in [-0.4, -0.2) is 36.1 Å². The van der Waals surface area contributed by atoms with Gasteiger partial charge in [-0.3, -0.25) is 4.79 Å². The van der Waals surface area contributed by atoms with E-state index in [-0.39, 0.29) is 17.1 Å². The average Bonchev–Trinajstić information content (AvgIpc) is 3.11. The molecule has 0 bridgehead atoms. The second kappa shape index (κ2) is 7.51. The number of fused-ring (bicyclic) bond motifs is 1. The molecular weight excluding hydrogens is 327 g/mol. The number of hydrogen-bond donors (Lipinski definition) is 0. The molecular formula is C18H17FN2O2S. The van der Waals surface area contributed by atoms with E-state index in [4.69, 9.17) is 4.74 Å². The number of carbonyl (C=O) groups is 1. The number of thiophene rings is 1. The lowest BCUT2D eigenvalue weighted by Gasteiger charge is -2.21. The number of methoxy groups -OCH3 is 1. The monoisotopic (exact) mass is 344 g/mol. The lowest BCUT2D eigenvalue weighted by Crippen LogP contribution is -2.33. The van der Waals surface area contributed by atoms with Gasteiger partial charge in [0.15, 0.2) is 0 Å². The second-order valence-electron chi connectivity index (χ2n) is 5.36. The summed E-state index contributed by atoms with van der Waals surface area (Å²) < 4.78 is 19.0. The number of pyridine rings is 1. The predicted octanol–water partition coefficient (Wildman–Crippen LogP) is 3.72. The van der Waals surface area contributed by atoms with Crippen LogP contribution < -0.4 is 0 Å². The number of nitrogens with zero attached hydrogens (tertiary/aromatic N) is 2. The first-order chi connectivity index (χ1) is 11.7. The van der Waals surface area contributed by atoms with E-state index >= 15 is 0 Å². The molecule has 2 heterocycles. The van der Waals surface area contributed by atoms with Crippen molar-refractivity contribution in [2.45, 2.75) is 6.54 Å². The fourth-order valence-electron chi connectivity index (χ4n) is 2.45. The molecule has 6 heteroatoms. The van der Waals surface area contributed by atoms with E-state index in [1.807, 2.05) is 16.8 Å². The molecule has 0 aliphatic heterocycles. The minimum Gasteiger partial charge on any atom is -0.383 e. The van der Waals surface area contributed by atoms with Crippen LogP contribution in [0.3, 0.4) is 0 Å². The highest BCUT2D eigenvalue weighted by molar-refractivity contribution is 7.07. The molecule has 1 amide bonds. The fraction of sp³-hybridized carbons (Fsp3) is 0.222. The SMILES string of the molecule is COCCN(Cc1ccsc1)C(=O)c1ccc2cccc(F)c2n1. The summed E-state index contributed by atoms with van der Waals surface area (Å²) in [7, 11) is 1.59. The van der Waals surface area contributed by atoms with E-state index in [9.17, 15) is 9.18 Å². The Morgan fingerprint density at radius 2 is 2.17 bits per heavy atom. The minimum absolute atomic E-state index is 0.213. The maximum atomic E-state index is 13.9. The van der Waals surface area contributed by atoms with Crippen LogP contribution in [0.4, 0.5) is 4.39 Å². The van der Waals surface area contributed by atoms with Crippen molar-refractivity contribution in [2.24, 2.45) is 0 Å². The van der Waals surface area contributed by atoms with E-state index in [0.717, 1.165) is 5.56 Å². The third kappa shape index (κ3) is 3.60. The summed E-state index contributed by atoms with van der Waals surface area (Å²) in [5, 5.41) is 4.64. The van der Waals surface area contributed by atoms with Gasteiger partial charge in [0.25, 0.3) is 5.91 Å². The normalized spacial score (nSPS) is 10.9. The van der Waals surface area contributed by atoms with Crippen molar-refractivity contribution >= 4 is 28.1 Å². The van der Waals surface area contributed by atoms with Gasteiger partial charge in [-0.2, -0.15) is 11.3 Å². The largest absolute Gasteiger partial charge is 0.383 e. The molecule has 3 rings (SSSR count). The summed E-state index contributed by atoms with van der Waals surface area (Å²) in [5.41, 5.74) is 1.50. The van der Waals surface area contributed by atoms with Crippen molar-refractivity contribution in [2.75, 3.05) is 20.3 Å². The predicted molar refractivity (Wildman–Crippen MR) is 92.6 cm³/mol. The summed E-state index contributed by atoms with van der Waals surface area (Å²) in [6, 6.07) is 10.1. The number of benzene rings is 1. The highest BCUT2D eigenvalue weighted by Gasteiger charge is 2.18. The molecule has 0 spiro atoms. The molecule has 3 aromatic rings. The van der Waals surface area contributed by atoms with Crippen molar-refractivity contribution in [3.63, 3.8) is 0 Å². The Morgan fingerprint density at radius 1 is 1.29 bits per heavy atom. The Bertz CT molecular complexity index is 836. The Balaban J connectivity index is 1.89. The smallest absolute Gasteiger partial charge is 0.272 e. The van der Waals surface area contributed by atoms with E-state index in [2.05, 4.69) is 4.98 Å². The van der Waals surface area contributed by atoms with Crippen molar-refractivity contribution in [1.29, 1.82) is 0 Å². The number of ether oxygens (including phenoxy) is 1. The number of hydrogen-bond acceptors (Lipinski definition) is 4. The number of rotatable bonds is 6. The number of amides is 1. The van der Waals surface area contributed by atoms with Crippen LogP contribution in [0.15, 0.2) is 47.2 Å². The Hall–Kier alpha value is -2.31. The fourth-order valence-corrected chi connectivity index (χ4v) is 3.11. The maximum Gasteiger partial charge on any atom is 0.272 e. The number of carbonyl (C=O) groups excluding carboxylic acids is 1. The van der Waals surface area contributed by atoms with Gasteiger partial charge in [-0.25, -0.2) is 9.37 Å². The summed E-state index contributed by atoms with van der Waals surface area (Å²) in [6.07, 6.45) is 0. The number of aromatic nitrogens is 1. The minimum atomic E-state index is -0.427. The third-order valence-electron chi connectivity index (χ3n) is 3.70. The van der Waals surface area contributed by atoms with Crippen LogP contribution in [0, 0.1) is 5.82 Å². The molecule has 0 saturated heterocycles. The molecule has 0 aliphatic carbocycles. The molecule has 24 heavy (non-hydrogen) atoms. The highest BCUT2D eigenvalue weighted by atomic mass is 32.1. The van der Waals surface area contributed by atoms with Crippen molar-refractivity contribution < 1.29 is 13.9 Å². The van der Waals surface area contributed by atoms with E-state index < -0.39 is 5.82 Å². The summed E-state index contributed by atoms with van der Waals surface area (Å²) in [4.78, 5) is 18.7. The molecule has 2 aromatic heterocycles. The maximum absolute atomic E-state index is 13.9. The van der Waals surface area contributed by atoms with E-state index in [1.54, 1.807) is 47.6 Å². The first-order valence-electron chi connectivity index (χ1n) is 7.53. The molecule has 0 N–H and O–H groups in total. The zero-order chi connectivity index (χ0) is 16.9. The van der Waals surface area contributed by atoms with Crippen molar-refractivity contribution in [3.05, 3.63) is 64.2 Å². The number of para-hydroxylation sites is 1. The Labute approximate surface area is 143 Å². The summed E-state index contributed by atoms with van der Waals surface area (Å²) >= 11 is 1.58. The standard InChI is InChI=1S/C18H17FN2O2S/c1-23-9-8-21(11-13-7-10-24-12-13)18(22)16-6-5-14-3-2-4-15(19)17(14)20-16/h2-7,10,12H,8-9,11H2,1H3. The zero-order valence-corrected chi connectivity index (χ0v) is 14.1. The van der Waals surface area contributed by atoms with E-state index in [1.165, 1.54) is 6.07 Å². The van der Waals surface area contributed by atoms with Gasteiger partial charge < -0.3 is 9.64 Å². The van der Waals surface area contributed by atoms with E-state index in [0.29, 0.717) is 25.1 Å².